The quantitative estimate of drug-likeness (QED) is 0.743. The average molecular weight is 218 g/mol. The molecule has 1 heterocycles. The molecule has 1 aromatic rings. The molecule has 1 aliphatic heterocycles. The van der Waals surface area contributed by atoms with Gasteiger partial charge in [0, 0.05) is 13.1 Å². The molecule has 2 rings (SSSR count). The molecule has 1 aliphatic rings. The van der Waals surface area contributed by atoms with Crippen LogP contribution in [-0.2, 0) is 9.59 Å². The highest BCUT2D eigenvalue weighted by atomic mass is 16.2. The Bertz CT molecular complexity index is 403. The predicted molar refractivity (Wildman–Crippen MR) is 59.6 cm³/mol. The van der Waals surface area contributed by atoms with Crippen LogP contribution in [0.3, 0.4) is 0 Å². The van der Waals surface area contributed by atoms with Crippen molar-refractivity contribution in [3.63, 3.8) is 0 Å². The van der Waals surface area contributed by atoms with Gasteiger partial charge in [0.05, 0.1) is 6.04 Å². The van der Waals surface area contributed by atoms with Gasteiger partial charge in [-0.05, 0) is 12.5 Å². The molecule has 0 spiro atoms. The molecule has 1 atom stereocenters. The summed E-state index contributed by atoms with van der Waals surface area (Å²) in [6.07, 6.45) is 0. The van der Waals surface area contributed by atoms with Crippen LogP contribution in [0.5, 0.6) is 0 Å². The summed E-state index contributed by atoms with van der Waals surface area (Å²) in [5, 5.41) is 2.54. The standard InChI is InChI=1S/C12H14N2O2/c1-9(10-5-3-2-4-6-10)14-8-7-13-11(15)12(14)16/h2-6,9H,7-8H2,1H3,(H,13,15). The molecule has 1 unspecified atom stereocenters. The number of amides is 2. The van der Waals surface area contributed by atoms with Crippen molar-refractivity contribution in [2.24, 2.45) is 0 Å². The molecule has 0 saturated carbocycles. The Kier molecular flexibility index (Phi) is 2.90. The van der Waals surface area contributed by atoms with Gasteiger partial charge in [0.15, 0.2) is 0 Å². The second kappa shape index (κ2) is 4.35. The zero-order valence-corrected chi connectivity index (χ0v) is 9.14. The van der Waals surface area contributed by atoms with Crippen molar-refractivity contribution >= 4 is 11.8 Å². The van der Waals surface area contributed by atoms with E-state index in [9.17, 15) is 9.59 Å². The number of piperazine rings is 1. The van der Waals surface area contributed by atoms with Gasteiger partial charge in [0.25, 0.3) is 0 Å². The van der Waals surface area contributed by atoms with Crippen LogP contribution in [0.4, 0.5) is 0 Å². The third-order valence-corrected chi connectivity index (χ3v) is 2.84. The van der Waals surface area contributed by atoms with E-state index in [0.29, 0.717) is 13.1 Å². The zero-order chi connectivity index (χ0) is 11.5. The molecule has 0 aromatic heterocycles. The van der Waals surface area contributed by atoms with Gasteiger partial charge in [-0.1, -0.05) is 30.3 Å². The van der Waals surface area contributed by atoms with Crippen molar-refractivity contribution in [1.82, 2.24) is 10.2 Å². The fraction of sp³-hybridized carbons (Fsp3) is 0.333. The van der Waals surface area contributed by atoms with Crippen molar-refractivity contribution in [2.45, 2.75) is 13.0 Å². The zero-order valence-electron chi connectivity index (χ0n) is 9.14. The fourth-order valence-corrected chi connectivity index (χ4v) is 1.88. The van der Waals surface area contributed by atoms with Gasteiger partial charge < -0.3 is 10.2 Å². The van der Waals surface area contributed by atoms with E-state index in [2.05, 4.69) is 5.32 Å². The Morgan fingerprint density at radius 3 is 2.62 bits per heavy atom. The highest BCUT2D eigenvalue weighted by Gasteiger charge is 2.29. The summed E-state index contributed by atoms with van der Waals surface area (Å²) in [7, 11) is 0. The molecule has 1 N–H and O–H groups in total. The third-order valence-electron chi connectivity index (χ3n) is 2.84. The number of hydrogen-bond acceptors (Lipinski definition) is 2. The highest BCUT2D eigenvalue weighted by molar-refractivity contribution is 6.35. The van der Waals surface area contributed by atoms with Gasteiger partial charge in [-0.15, -0.1) is 0 Å². The summed E-state index contributed by atoms with van der Waals surface area (Å²) < 4.78 is 0. The van der Waals surface area contributed by atoms with Crippen LogP contribution in [0.15, 0.2) is 30.3 Å². The maximum absolute atomic E-state index is 11.7. The summed E-state index contributed by atoms with van der Waals surface area (Å²) in [5.74, 6) is -0.948. The van der Waals surface area contributed by atoms with E-state index in [0.717, 1.165) is 5.56 Å². The number of nitrogens with one attached hydrogen (secondary N) is 1. The Balaban J connectivity index is 2.18. The van der Waals surface area contributed by atoms with Crippen LogP contribution in [0, 0.1) is 0 Å². The molecule has 16 heavy (non-hydrogen) atoms. The number of carbonyl (C=O) groups excluding carboxylic acids is 2. The Hall–Kier alpha value is -1.84. The Labute approximate surface area is 94.2 Å². The van der Waals surface area contributed by atoms with E-state index in [1.165, 1.54) is 0 Å². The predicted octanol–water partition coefficient (Wildman–Crippen LogP) is 0.706. The third kappa shape index (κ3) is 1.91. The maximum Gasteiger partial charge on any atom is 0.312 e. The molecule has 4 heteroatoms. The van der Waals surface area contributed by atoms with E-state index in [-0.39, 0.29) is 6.04 Å². The molecule has 1 fully saturated rings. The van der Waals surface area contributed by atoms with E-state index in [1.54, 1.807) is 4.90 Å². The molecule has 2 amide bonds. The number of rotatable bonds is 2. The lowest BCUT2D eigenvalue weighted by Crippen LogP contribution is -2.52. The van der Waals surface area contributed by atoms with Gasteiger partial charge in [0.2, 0.25) is 0 Å². The highest BCUT2D eigenvalue weighted by Crippen LogP contribution is 2.20. The van der Waals surface area contributed by atoms with Crippen LogP contribution in [0.25, 0.3) is 0 Å². The summed E-state index contributed by atoms with van der Waals surface area (Å²) >= 11 is 0. The van der Waals surface area contributed by atoms with E-state index >= 15 is 0 Å². The number of hydrogen-bond donors (Lipinski definition) is 1. The van der Waals surface area contributed by atoms with Gasteiger partial charge in [-0.2, -0.15) is 0 Å². The Morgan fingerprint density at radius 1 is 1.25 bits per heavy atom. The van der Waals surface area contributed by atoms with Crippen LogP contribution in [-0.4, -0.2) is 29.8 Å². The monoisotopic (exact) mass is 218 g/mol. The van der Waals surface area contributed by atoms with Gasteiger partial charge in [0.1, 0.15) is 0 Å². The van der Waals surface area contributed by atoms with Gasteiger partial charge in [-0.25, -0.2) is 0 Å². The SMILES string of the molecule is CC(c1ccccc1)N1CCNC(=O)C1=O. The number of carbonyl (C=O) groups is 2. The molecule has 0 bridgehead atoms. The minimum Gasteiger partial charge on any atom is -0.346 e. The molecule has 0 radical (unpaired) electrons. The van der Waals surface area contributed by atoms with Crippen LogP contribution >= 0.6 is 0 Å². The minimum atomic E-state index is -0.506. The van der Waals surface area contributed by atoms with Crippen molar-refractivity contribution in [3.05, 3.63) is 35.9 Å². The first-order chi connectivity index (χ1) is 7.70. The van der Waals surface area contributed by atoms with Crippen molar-refractivity contribution in [3.8, 4) is 0 Å². The first-order valence-electron chi connectivity index (χ1n) is 5.34. The second-order valence-electron chi connectivity index (χ2n) is 3.84. The van der Waals surface area contributed by atoms with E-state index in [4.69, 9.17) is 0 Å². The van der Waals surface area contributed by atoms with Gasteiger partial charge >= 0.3 is 11.8 Å². The van der Waals surface area contributed by atoms with Crippen LogP contribution < -0.4 is 5.32 Å². The smallest absolute Gasteiger partial charge is 0.312 e. The van der Waals surface area contributed by atoms with Crippen LogP contribution in [0.2, 0.25) is 0 Å². The topological polar surface area (TPSA) is 49.4 Å². The average Bonchev–Trinajstić information content (AvgIpc) is 2.33. The first kappa shape index (κ1) is 10.7. The van der Waals surface area contributed by atoms with E-state index in [1.807, 2.05) is 37.3 Å². The largest absolute Gasteiger partial charge is 0.346 e. The van der Waals surface area contributed by atoms with Gasteiger partial charge in [-0.3, -0.25) is 9.59 Å². The lowest BCUT2D eigenvalue weighted by molar-refractivity contribution is -0.149. The fourth-order valence-electron chi connectivity index (χ4n) is 1.88. The second-order valence-corrected chi connectivity index (χ2v) is 3.84. The van der Waals surface area contributed by atoms with E-state index < -0.39 is 11.8 Å². The lowest BCUT2D eigenvalue weighted by Gasteiger charge is -2.32. The molecule has 1 aromatic carbocycles. The summed E-state index contributed by atoms with van der Waals surface area (Å²) in [6, 6.07) is 9.66. The van der Waals surface area contributed by atoms with Crippen molar-refractivity contribution in [2.75, 3.05) is 13.1 Å². The molecule has 4 nitrogen and oxygen atoms in total. The molecular formula is C12H14N2O2. The Morgan fingerprint density at radius 2 is 1.94 bits per heavy atom. The summed E-state index contributed by atoms with van der Waals surface area (Å²) in [5.41, 5.74) is 1.05. The molecular weight excluding hydrogens is 204 g/mol. The summed E-state index contributed by atoms with van der Waals surface area (Å²) in [6.45, 7) is 3.04. The number of nitrogens with zero attached hydrogens (tertiary/aromatic N) is 1. The molecule has 1 saturated heterocycles. The van der Waals surface area contributed by atoms with Crippen LogP contribution in [0.1, 0.15) is 18.5 Å². The molecule has 84 valence electrons. The molecule has 0 aliphatic carbocycles. The minimum absolute atomic E-state index is 0.0558. The van der Waals surface area contributed by atoms with Crippen molar-refractivity contribution < 1.29 is 9.59 Å². The van der Waals surface area contributed by atoms with Crippen molar-refractivity contribution in [1.29, 1.82) is 0 Å². The lowest BCUT2D eigenvalue weighted by atomic mass is 10.1. The summed E-state index contributed by atoms with van der Waals surface area (Å²) in [4.78, 5) is 24.5. The first-order valence-corrected chi connectivity index (χ1v) is 5.34. The normalized spacial score (nSPS) is 18.2. The number of benzene rings is 1. The maximum atomic E-state index is 11.7.